The molecule has 0 radical (unpaired) electrons. The molecule has 84 valence electrons. The summed E-state index contributed by atoms with van der Waals surface area (Å²) in [7, 11) is 2.00. The Hall–Kier alpha value is -1.13. The predicted octanol–water partition coefficient (Wildman–Crippen LogP) is 1.01. The zero-order valence-corrected chi connectivity index (χ0v) is 9.44. The van der Waals surface area contributed by atoms with Crippen LogP contribution in [0.4, 0.5) is 5.82 Å². The van der Waals surface area contributed by atoms with Crippen molar-refractivity contribution in [1.29, 1.82) is 0 Å². The van der Waals surface area contributed by atoms with Crippen molar-refractivity contribution in [3.8, 4) is 0 Å². The van der Waals surface area contributed by atoms with E-state index >= 15 is 0 Å². The number of likely N-dealkylation sites (N-methyl/N-ethyl adjacent to an activating group) is 1. The average Bonchev–Trinajstić information content (AvgIpc) is 2.29. The number of nitrogens with zero attached hydrogens (tertiary/aromatic N) is 2. The number of hydrogen-bond donors (Lipinski definition) is 1. The molecule has 0 aliphatic rings. The lowest BCUT2D eigenvalue weighted by atomic mass is 10.2. The summed E-state index contributed by atoms with van der Waals surface area (Å²) in [5.41, 5.74) is 6.71. The van der Waals surface area contributed by atoms with Crippen molar-refractivity contribution < 1.29 is 4.74 Å². The quantitative estimate of drug-likeness (QED) is 0.710. The summed E-state index contributed by atoms with van der Waals surface area (Å²) in [5, 5.41) is 0. The Morgan fingerprint density at radius 1 is 1.53 bits per heavy atom. The molecule has 1 rings (SSSR count). The molecular weight excluding hydrogens is 190 g/mol. The van der Waals surface area contributed by atoms with Crippen LogP contribution in [0.25, 0.3) is 0 Å². The minimum atomic E-state index is 0.516. The van der Waals surface area contributed by atoms with Crippen LogP contribution in [0.5, 0.6) is 0 Å². The second-order valence-electron chi connectivity index (χ2n) is 3.31. The van der Waals surface area contributed by atoms with Crippen LogP contribution in [0.3, 0.4) is 0 Å². The number of pyridine rings is 1. The fraction of sp³-hybridized carbons (Fsp3) is 0.545. The molecule has 0 aliphatic heterocycles. The number of rotatable bonds is 6. The molecule has 4 nitrogen and oxygen atoms in total. The van der Waals surface area contributed by atoms with Gasteiger partial charge in [0, 0.05) is 38.5 Å². The average molecular weight is 209 g/mol. The molecule has 0 saturated carbocycles. The van der Waals surface area contributed by atoms with Crippen LogP contribution >= 0.6 is 0 Å². The van der Waals surface area contributed by atoms with Gasteiger partial charge >= 0.3 is 0 Å². The van der Waals surface area contributed by atoms with Crippen LogP contribution in [-0.4, -0.2) is 31.8 Å². The fourth-order valence-corrected chi connectivity index (χ4v) is 1.39. The van der Waals surface area contributed by atoms with Gasteiger partial charge in [0.2, 0.25) is 0 Å². The van der Waals surface area contributed by atoms with Crippen molar-refractivity contribution in [1.82, 2.24) is 4.98 Å². The Labute approximate surface area is 91.1 Å². The Morgan fingerprint density at radius 2 is 2.33 bits per heavy atom. The van der Waals surface area contributed by atoms with Gasteiger partial charge in [-0.15, -0.1) is 0 Å². The van der Waals surface area contributed by atoms with Gasteiger partial charge in [-0.2, -0.15) is 0 Å². The maximum atomic E-state index is 5.65. The van der Waals surface area contributed by atoms with Gasteiger partial charge in [-0.25, -0.2) is 4.98 Å². The summed E-state index contributed by atoms with van der Waals surface area (Å²) < 4.78 is 5.30. The molecule has 2 N–H and O–H groups in total. The van der Waals surface area contributed by atoms with E-state index in [1.807, 2.05) is 26.1 Å². The first-order chi connectivity index (χ1) is 7.29. The smallest absolute Gasteiger partial charge is 0.132 e. The third-order valence-corrected chi connectivity index (χ3v) is 2.22. The number of ether oxygens (including phenoxy) is 1. The maximum Gasteiger partial charge on any atom is 0.132 e. The number of anilines is 1. The lowest BCUT2D eigenvalue weighted by Gasteiger charge is -2.20. The Morgan fingerprint density at radius 3 is 3.00 bits per heavy atom. The first kappa shape index (κ1) is 11.9. The second kappa shape index (κ2) is 6.37. The molecule has 0 saturated heterocycles. The Kier molecular flexibility index (Phi) is 5.07. The molecule has 1 heterocycles. The largest absolute Gasteiger partial charge is 0.380 e. The molecule has 0 aromatic carbocycles. The number of nitrogens with two attached hydrogens (primary N) is 1. The van der Waals surface area contributed by atoms with E-state index in [1.165, 1.54) is 0 Å². The van der Waals surface area contributed by atoms with Crippen molar-refractivity contribution >= 4 is 5.82 Å². The van der Waals surface area contributed by atoms with Crippen molar-refractivity contribution in [2.24, 2.45) is 5.73 Å². The lowest BCUT2D eigenvalue weighted by molar-refractivity contribution is 0.154. The van der Waals surface area contributed by atoms with Gasteiger partial charge < -0.3 is 15.4 Å². The van der Waals surface area contributed by atoms with E-state index in [9.17, 15) is 0 Å². The summed E-state index contributed by atoms with van der Waals surface area (Å²) in [6.45, 7) is 4.81. The van der Waals surface area contributed by atoms with Gasteiger partial charge in [0.05, 0.1) is 6.61 Å². The van der Waals surface area contributed by atoms with E-state index in [0.717, 1.165) is 24.5 Å². The summed E-state index contributed by atoms with van der Waals surface area (Å²) in [6, 6.07) is 3.90. The van der Waals surface area contributed by atoms with E-state index in [2.05, 4.69) is 9.88 Å². The lowest BCUT2D eigenvalue weighted by Crippen LogP contribution is -2.25. The van der Waals surface area contributed by atoms with Crippen molar-refractivity contribution in [2.45, 2.75) is 13.5 Å². The summed E-state index contributed by atoms with van der Waals surface area (Å²) in [5.74, 6) is 0.944. The van der Waals surface area contributed by atoms with Gasteiger partial charge in [-0.3, -0.25) is 0 Å². The van der Waals surface area contributed by atoms with E-state index in [-0.39, 0.29) is 0 Å². The van der Waals surface area contributed by atoms with Gasteiger partial charge in [-0.05, 0) is 13.0 Å². The van der Waals surface area contributed by atoms with E-state index in [4.69, 9.17) is 10.5 Å². The highest BCUT2D eigenvalue weighted by atomic mass is 16.5. The molecular formula is C11H19N3O. The van der Waals surface area contributed by atoms with Gasteiger partial charge in [0.1, 0.15) is 5.82 Å². The van der Waals surface area contributed by atoms with E-state index < -0.39 is 0 Å². The third-order valence-electron chi connectivity index (χ3n) is 2.22. The minimum Gasteiger partial charge on any atom is -0.380 e. The SMILES string of the molecule is CCOCCN(C)c1ncccc1CN. The van der Waals surface area contributed by atoms with Crippen LogP contribution in [0, 0.1) is 0 Å². The Bertz CT molecular complexity index is 291. The summed E-state index contributed by atoms with van der Waals surface area (Å²) >= 11 is 0. The van der Waals surface area contributed by atoms with Crippen molar-refractivity contribution in [2.75, 3.05) is 31.7 Å². The molecule has 0 unspecified atom stereocenters. The van der Waals surface area contributed by atoms with Crippen LogP contribution in [0.15, 0.2) is 18.3 Å². The van der Waals surface area contributed by atoms with E-state index in [0.29, 0.717) is 13.2 Å². The molecule has 0 bridgehead atoms. The zero-order valence-electron chi connectivity index (χ0n) is 9.44. The van der Waals surface area contributed by atoms with Gasteiger partial charge in [-0.1, -0.05) is 6.07 Å². The highest BCUT2D eigenvalue weighted by molar-refractivity contribution is 5.45. The number of hydrogen-bond acceptors (Lipinski definition) is 4. The van der Waals surface area contributed by atoms with Gasteiger partial charge in [0.15, 0.2) is 0 Å². The fourth-order valence-electron chi connectivity index (χ4n) is 1.39. The van der Waals surface area contributed by atoms with Crippen molar-refractivity contribution in [3.05, 3.63) is 23.9 Å². The first-order valence-electron chi connectivity index (χ1n) is 5.22. The first-order valence-corrected chi connectivity index (χ1v) is 5.22. The molecule has 4 heteroatoms. The van der Waals surface area contributed by atoms with Crippen LogP contribution in [0.2, 0.25) is 0 Å². The molecule has 0 amide bonds. The minimum absolute atomic E-state index is 0.516. The molecule has 0 aliphatic carbocycles. The number of aromatic nitrogens is 1. The topological polar surface area (TPSA) is 51.4 Å². The second-order valence-corrected chi connectivity index (χ2v) is 3.31. The molecule has 1 aromatic rings. The Balaban J connectivity index is 2.59. The standard InChI is InChI=1S/C11H19N3O/c1-3-15-8-7-14(2)11-10(9-12)5-4-6-13-11/h4-6H,3,7-9,12H2,1-2H3. The van der Waals surface area contributed by atoms with Crippen LogP contribution < -0.4 is 10.6 Å². The zero-order chi connectivity index (χ0) is 11.1. The normalized spacial score (nSPS) is 10.3. The maximum absolute atomic E-state index is 5.65. The molecule has 0 spiro atoms. The highest BCUT2D eigenvalue weighted by Gasteiger charge is 2.06. The third kappa shape index (κ3) is 3.49. The van der Waals surface area contributed by atoms with E-state index in [1.54, 1.807) is 6.20 Å². The van der Waals surface area contributed by atoms with Crippen molar-refractivity contribution in [3.63, 3.8) is 0 Å². The predicted molar refractivity (Wildman–Crippen MR) is 61.9 cm³/mol. The van der Waals surface area contributed by atoms with Crippen LogP contribution in [0.1, 0.15) is 12.5 Å². The van der Waals surface area contributed by atoms with Gasteiger partial charge in [0.25, 0.3) is 0 Å². The summed E-state index contributed by atoms with van der Waals surface area (Å²) in [4.78, 5) is 6.39. The molecule has 1 aromatic heterocycles. The molecule has 0 fully saturated rings. The highest BCUT2D eigenvalue weighted by Crippen LogP contribution is 2.14. The molecule has 15 heavy (non-hydrogen) atoms. The molecule has 0 atom stereocenters. The van der Waals surface area contributed by atoms with Crippen LogP contribution in [-0.2, 0) is 11.3 Å². The summed E-state index contributed by atoms with van der Waals surface area (Å²) in [6.07, 6.45) is 1.78. The monoisotopic (exact) mass is 209 g/mol.